The van der Waals surface area contributed by atoms with Crippen LogP contribution in [-0.2, 0) is 23.2 Å². The van der Waals surface area contributed by atoms with Gasteiger partial charge < -0.3 is 9.64 Å². The minimum absolute atomic E-state index is 0.0877. The Kier molecular flexibility index (Phi) is 6.19. The first-order valence-electron chi connectivity index (χ1n) is 13.5. The Morgan fingerprint density at radius 1 is 1.11 bits per heavy atom. The van der Waals surface area contributed by atoms with Gasteiger partial charge in [0.15, 0.2) is 0 Å². The molecule has 38 heavy (non-hydrogen) atoms. The number of fused-ring (bicyclic) bond motifs is 3. The number of carbonyl (C=O) groups excluding carboxylic acids is 1. The third-order valence-corrected chi connectivity index (χ3v) is 8.43. The van der Waals surface area contributed by atoms with Crippen LogP contribution in [-0.4, -0.2) is 42.1 Å². The zero-order valence-electron chi connectivity index (χ0n) is 22.6. The Bertz CT molecular complexity index is 1550. The second-order valence-corrected chi connectivity index (χ2v) is 11.2. The monoisotopic (exact) mass is 505 g/mol. The number of rotatable bonds is 7. The Morgan fingerprint density at radius 3 is 2.76 bits per heavy atom. The van der Waals surface area contributed by atoms with E-state index in [1.54, 1.807) is 7.11 Å². The number of nitrogens with zero attached hydrogens (tertiary/aromatic N) is 2. The molecule has 1 spiro atoms. The van der Waals surface area contributed by atoms with Crippen LogP contribution in [0.2, 0.25) is 0 Å². The minimum Gasteiger partial charge on any atom is -0.497 e. The molecule has 0 bridgehead atoms. The van der Waals surface area contributed by atoms with Gasteiger partial charge >= 0.3 is 0 Å². The number of aromatic nitrogens is 2. The number of hydrogen-bond acceptors (Lipinski definition) is 4. The average molecular weight is 506 g/mol. The van der Waals surface area contributed by atoms with Crippen molar-refractivity contribution in [1.82, 2.24) is 15.1 Å². The number of aromatic amines is 1. The number of Topliss-reactive ketones (excluding diaryl/α,β-unsaturated/α-hetero) is 1. The molecule has 194 valence electrons. The van der Waals surface area contributed by atoms with E-state index >= 15 is 0 Å². The van der Waals surface area contributed by atoms with Crippen LogP contribution >= 0.6 is 0 Å². The predicted octanol–water partition coefficient (Wildman–Crippen LogP) is 6.38. The first-order valence-corrected chi connectivity index (χ1v) is 13.5. The number of benzene rings is 3. The summed E-state index contributed by atoms with van der Waals surface area (Å²) in [4.78, 5) is 16.0. The number of carbonyl (C=O) groups is 1. The Morgan fingerprint density at radius 2 is 1.97 bits per heavy atom. The highest BCUT2D eigenvalue weighted by Crippen LogP contribution is 2.65. The van der Waals surface area contributed by atoms with E-state index in [-0.39, 0.29) is 11.8 Å². The van der Waals surface area contributed by atoms with E-state index in [2.05, 4.69) is 103 Å². The number of methoxy groups -OCH3 is 1. The van der Waals surface area contributed by atoms with E-state index in [0.29, 0.717) is 5.78 Å². The van der Waals surface area contributed by atoms with Crippen LogP contribution in [0.5, 0.6) is 5.75 Å². The summed E-state index contributed by atoms with van der Waals surface area (Å²) in [7, 11) is 5.85. The summed E-state index contributed by atoms with van der Waals surface area (Å²) in [5, 5.41) is 8.92. The molecule has 4 aromatic rings. The summed E-state index contributed by atoms with van der Waals surface area (Å²) < 4.78 is 5.54. The summed E-state index contributed by atoms with van der Waals surface area (Å²) in [6.07, 6.45) is 6.76. The highest BCUT2D eigenvalue weighted by molar-refractivity contribution is 5.99. The molecule has 0 aliphatic heterocycles. The van der Waals surface area contributed by atoms with Gasteiger partial charge in [-0.1, -0.05) is 55.5 Å². The molecule has 3 atom stereocenters. The molecule has 3 aromatic carbocycles. The van der Waals surface area contributed by atoms with Crippen molar-refractivity contribution in [2.45, 2.75) is 44.1 Å². The van der Waals surface area contributed by atoms with E-state index in [1.165, 1.54) is 22.3 Å². The third-order valence-electron chi connectivity index (χ3n) is 8.43. The molecule has 2 aliphatic carbocycles. The minimum atomic E-state index is -0.434. The normalized spacial score (nSPS) is 22.5. The van der Waals surface area contributed by atoms with Crippen LogP contribution < -0.4 is 4.74 Å². The van der Waals surface area contributed by atoms with E-state index < -0.39 is 5.41 Å². The van der Waals surface area contributed by atoms with E-state index in [4.69, 9.17) is 4.74 Å². The molecule has 0 amide bonds. The zero-order valence-corrected chi connectivity index (χ0v) is 22.6. The largest absolute Gasteiger partial charge is 0.497 e. The standard InChI is InChI=1S/C33H35N3O2/c1-5-23-16-24-10-12-26(38-4)18-28(24)33(32(23)37)19-29(33)25-11-13-27-30(34-35-31(27)17-25)14-9-21-7-6-8-22(15-21)20-36(2)3/h6-15,17-18,23,29H,5,16,19-20H2,1-4H3,(H,34,35)/b14-9+. The van der Waals surface area contributed by atoms with Crippen LogP contribution in [0.25, 0.3) is 23.1 Å². The van der Waals surface area contributed by atoms with Gasteiger partial charge in [-0.3, -0.25) is 9.89 Å². The van der Waals surface area contributed by atoms with Gasteiger partial charge in [0.25, 0.3) is 0 Å². The molecule has 0 saturated heterocycles. The molecule has 5 nitrogen and oxygen atoms in total. The number of ether oxygens (including phenoxy) is 1. The fraction of sp³-hybridized carbons (Fsp3) is 0.333. The van der Waals surface area contributed by atoms with E-state index in [9.17, 15) is 4.79 Å². The quantitative estimate of drug-likeness (QED) is 0.317. The first-order chi connectivity index (χ1) is 18.4. The molecule has 0 radical (unpaired) electrons. The van der Waals surface area contributed by atoms with Crippen LogP contribution in [0.4, 0.5) is 0 Å². The molecule has 3 unspecified atom stereocenters. The van der Waals surface area contributed by atoms with Crippen molar-refractivity contribution < 1.29 is 9.53 Å². The van der Waals surface area contributed by atoms with E-state index in [0.717, 1.165) is 53.7 Å². The zero-order chi connectivity index (χ0) is 26.4. The Labute approximate surface area is 224 Å². The van der Waals surface area contributed by atoms with E-state index in [1.807, 2.05) is 6.07 Å². The number of H-pyrrole nitrogens is 1. The highest BCUT2D eigenvalue weighted by Gasteiger charge is 2.64. The lowest BCUT2D eigenvalue weighted by atomic mass is 9.71. The number of hydrogen-bond donors (Lipinski definition) is 1. The molecule has 6 rings (SSSR count). The molecule has 5 heteroatoms. The van der Waals surface area contributed by atoms with Gasteiger partial charge in [0.1, 0.15) is 11.5 Å². The fourth-order valence-corrected chi connectivity index (χ4v) is 6.43. The summed E-state index contributed by atoms with van der Waals surface area (Å²) in [6, 6.07) is 21.4. The lowest BCUT2D eigenvalue weighted by Gasteiger charge is -2.31. The van der Waals surface area contributed by atoms with Crippen molar-refractivity contribution in [3.05, 3.63) is 94.2 Å². The summed E-state index contributed by atoms with van der Waals surface area (Å²) in [6.45, 7) is 3.05. The fourth-order valence-electron chi connectivity index (χ4n) is 6.43. The lowest BCUT2D eigenvalue weighted by molar-refractivity contribution is -0.126. The SMILES string of the molecule is CCC1Cc2ccc(OC)cc2C2(CC2c2ccc3c(/C=C/c4cccc(CN(C)C)c4)n[nH]c3c2)C1=O. The third kappa shape index (κ3) is 4.15. The second-order valence-electron chi connectivity index (χ2n) is 11.2. The molecular weight excluding hydrogens is 470 g/mol. The Balaban J connectivity index is 1.30. The summed E-state index contributed by atoms with van der Waals surface area (Å²) in [5.74, 6) is 1.49. The number of nitrogens with one attached hydrogen (secondary N) is 1. The van der Waals surface area contributed by atoms with Crippen LogP contribution in [0.1, 0.15) is 59.2 Å². The predicted molar refractivity (Wildman–Crippen MR) is 153 cm³/mol. The maximum absolute atomic E-state index is 13.8. The van der Waals surface area contributed by atoms with Gasteiger partial charge in [0, 0.05) is 23.8 Å². The van der Waals surface area contributed by atoms with Gasteiger partial charge in [0.2, 0.25) is 0 Å². The van der Waals surface area contributed by atoms with Gasteiger partial charge in [-0.2, -0.15) is 5.10 Å². The lowest BCUT2D eigenvalue weighted by Crippen LogP contribution is -2.36. The van der Waals surface area contributed by atoms with Crippen molar-refractivity contribution in [3.63, 3.8) is 0 Å². The van der Waals surface area contributed by atoms with Crippen LogP contribution in [0, 0.1) is 5.92 Å². The first kappa shape index (κ1) is 24.6. The highest BCUT2D eigenvalue weighted by atomic mass is 16.5. The van der Waals surface area contributed by atoms with Crippen LogP contribution in [0.3, 0.4) is 0 Å². The van der Waals surface area contributed by atoms with Crippen LogP contribution in [0.15, 0.2) is 60.7 Å². The van der Waals surface area contributed by atoms with Gasteiger partial charge in [0.05, 0.1) is 23.7 Å². The van der Waals surface area contributed by atoms with Crippen molar-refractivity contribution in [1.29, 1.82) is 0 Å². The molecular formula is C33H35N3O2. The summed E-state index contributed by atoms with van der Waals surface area (Å²) >= 11 is 0. The van der Waals surface area contributed by atoms with Gasteiger partial charge in [-0.05, 0) is 85.5 Å². The molecule has 1 saturated carbocycles. The summed E-state index contributed by atoms with van der Waals surface area (Å²) in [5.41, 5.74) is 7.60. The second kappa shape index (κ2) is 9.55. The molecule has 1 N–H and O–H groups in total. The number of ketones is 1. The smallest absolute Gasteiger partial charge is 0.147 e. The molecule has 1 heterocycles. The van der Waals surface area contributed by atoms with Gasteiger partial charge in [-0.25, -0.2) is 0 Å². The Hall–Kier alpha value is -3.70. The maximum Gasteiger partial charge on any atom is 0.147 e. The van der Waals surface area contributed by atoms with Gasteiger partial charge in [-0.15, -0.1) is 0 Å². The average Bonchev–Trinajstić information content (AvgIpc) is 3.54. The molecule has 1 fully saturated rings. The molecule has 1 aromatic heterocycles. The van der Waals surface area contributed by atoms with Crippen molar-refractivity contribution in [2.75, 3.05) is 21.2 Å². The van der Waals surface area contributed by atoms with Crippen molar-refractivity contribution in [2.24, 2.45) is 5.92 Å². The maximum atomic E-state index is 13.8. The molecule has 2 aliphatic rings. The van der Waals surface area contributed by atoms with Crippen molar-refractivity contribution >= 4 is 28.8 Å². The topological polar surface area (TPSA) is 58.2 Å². The van der Waals surface area contributed by atoms with Crippen molar-refractivity contribution in [3.8, 4) is 5.75 Å².